The number of nitrogens with one attached hydrogen (secondary N) is 1. The molecule has 0 aliphatic rings. The third-order valence-electron chi connectivity index (χ3n) is 2.89. The van der Waals surface area contributed by atoms with Crippen molar-refractivity contribution in [3.05, 3.63) is 47.8 Å². The molecule has 21 heavy (non-hydrogen) atoms. The number of hydrogen-bond acceptors (Lipinski definition) is 4. The number of carbonyl (C=O) groups is 1. The van der Waals surface area contributed by atoms with E-state index in [1.807, 2.05) is 0 Å². The van der Waals surface area contributed by atoms with Crippen LogP contribution in [0, 0.1) is 5.82 Å². The molecule has 6 heteroatoms. The van der Waals surface area contributed by atoms with E-state index >= 15 is 0 Å². The van der Waals surface area contributed by atoms with Gasteiger partial charge in [0.2, 0.25) is 0 Å². The second-order valence-corrected chi connectivity index (χ2v) is 4.26. The van der Waals surface area contributed by atoms with E-state index in [1.54, 1.807) is 18.2 Å². The van der Waals surface area contributed by atoms with Crippen LogP contribution in [0.1, 0.15) is 10.4 Å². The van der Waals surface area contributed by atoms with Gasteiger partial charge in [0.25, 0.3) is 5.91 Å². The van der Waals surface area contributed by atoms with Crippen LogP contribution < -0.4 is 20.5 Å². The maximum absolute atomic E-state index is 13.7. The summed E-state index contributed by atoms with van der Waals surface area (Å²) in [6.45, 7) is 0. The van der Waals surface area contributed by atoms with Crippen molar-refractivity contribution in [3.8, 4) is 11.5 Å². The molecule has 2 rings (SSSR count). The monoisotopic (exact) mass is 290 g/mol. The summed E-state index contributed by atoms with van der Waals surface area (Å²) >= 11 is 0. The number of halogens is 1. The minimum absolute atomic E-state index is 0.139. The fourth-order valence-electron chi connectivity index (χ4n) is 1.82. The summed E-state index contributed by atoms with van der Waals surface area (Å²) < 4.78 is 23.9. The van der Waals surface area contributed by atoms with E-state index in [0.717, 1.165) is 6.07 Å². The third-order valence-corrected chi connectivity index (χ3v) is 2.89. The summed E-state index contributed by atoms with van der Waals surface area (Å²) in [5.74, 6) is -0.289. The highest BCUT2D eigenvalue weighted by atomic mass is 19.1. The second-order valence-electron chi connectivity index (χ2n) is 4.26. The summed E-state index contributed by atoms with van der Waals surface area (Å²) in [5.41, 5.74) is 6.11. The number of anilines is 2. The summed E-state index contributed by atoms with van der Waals surface area (Å²) in [5, 5.41) is 2.58. The predicted molar refractivity (Wildman–Crippen MR) is 78.3 cm³/mol. The van der Waals surface area contributed by atoms with E-state index in [0.29, 0.717) is 22.9 Å². The Kier molecular flexibility index (Phi) is 4.27. The number of hydrogen-bond donors (Lipinski definition) is 2. The van der Waals surface area contributed by atoms with Gasteiger partial charge in [-0.1, -0.05) is 0 Å². The van der Waals surface area contributed by atoms with Crippen LogP contribution in [0.5, 0.6) is 11.5 Å². The van der Waals surface area contributed by atoms with Crippen LogP contribution >= 0.6 is 0 Å². The number of nitrogen functional groups attached to an aromatic ring is 1. The largest absolute Gasteiger partial charge is 0.497 e. The van der Waals surface area contributed by atoms with Crippen molar-refractivity contribution in [1.82, 2.24) is 0 Å². The Morgan fingerprint density at radius 1 is 1.14 bits per heavy atom. The van der Waals surface area contributed by atoms with E-state index in [2.05, 4.69) is 5.32 Å². The van der Waals surface area contributed by atoms with Gasteiger partial charge >= 0.3 is 0 Å². The molecule has 0 fully saturated rings. The Hall–Kier alpha value is -2.76. The highest BCUT2D eigenvalue weighted by molar-refractivity contribution is 6.05. The molecular formula is C15H15FN2O3. The van der Waals surface area contributed by atoms with Crippen LogP contribution in [0.4, 0.5) is 15.8 Å². The van der Waals surface area contributed by atoms with Gasteiger partial charge in [0.1, 0.15) is 17.3 Å². The minimum Gasteiger partial charge on any atom is -0.497 e. The molecular weight excluding hydrogens is 275 g/mol. The van der Waals surface area contributed by atoms with E-state index in [1.165, 1.54) is 26.4 Å². The van der Waals surface area contributed by atoms with Crippen molar-refractivity contribution in [2.75, 3.05) is 25.3 Å². The lowest BCUT2D eigenvalue weighted by molar-refractivity contribution is 0.102. The Morgan fingerprint density at radius 2 is 1.90 bits per heavy atom. The zero-order valence-electron chi connectivity index (χ0n) is 11.6. The molecule has 0 spiro atoms. The molecule has 3 N–H and O–H groups in total. The van der Waals surface area contributed by atoms with E-state index < -0.39 is 11.7 Å². The predicted octanol–water partition coefficient (Wildman–Crippen LogP) is 2.68. The lowest BCUT2D eigenvalue weighted by Crippen LogP contribution is -2.15. The highest BCUT2D eigenvalue weighted by Gasteiger charge is 2.15. The average molecular weight is 290 g/mol. The number of carbonyl (C=O) groups excluding carboxylic acids is 1. The van der Waals surface area contributed by atoms with Crippen molar-refractivity contribution in [2.24, 2.45) is 0 Å². The van der Waals surface area contributed by atoms with Crippen molar-refractivity contribution in [3.63, 3.8) is 0 Å². The van der Waals surface area contributed by atoms with Gasteiger partial charge in [0.15, 0.2) is 0 Å². The van der Waals surface area contributed by atoms with Crippen molar-refractivity contribution in [1.29, 1.82) is 0 Å². The van der Waals surface area contributed by atoms with E-state index in [-0.39, 0.29) is 5.56 Å². The molecule has 0 saturated carbocycles. The Morgan fingerprint density at radius 3 is 2.57 bits per heavy atom. The summed E-state index contributed by atoms with van der Waals surface area (Å²) in [4.78, 5) is 12.2. The zero-order chi connectivity index (χ0) is 15.4. The Balaban J connectivity index is 2.32. The molecule has 0 heterocycles. The average Bonchev–Trinajstić information content (AvgIpc) is 2.49. The van der Waals surface area contributed by atoms with Gasteiger partial charge in [-0.15, -0.1) is 0 Å². The first-order valence-corrected chi connectivity index (χ1v) is 6.13. The van der Waals surface area contributed by atoms with Gasteiger partial charge in [0, 0.05) is 11.8 Å². The maximum atomic E-state index is 13.7. The number of ether oxygens (including phenoxy) is 2. The molecule has 0 radical (unpaired) electrons. The molecule has 0 aromatic heterocycles. The minimum atomic E-state index is -0.649. The second kappa shape index (κ2) is 6.13. The summed E-state index contributed by atoms with van der Waals surface area (Å²) in [6, 6.07) is 8.73. The standard InChI is InChI=1S/C15H15FN2O3/c1-20-10-4-6-14(21-2)13(8-10)18-15(19)11-7-9(17)3-5-12(11)16/h3-8H,17H2,1-2H3,(H,18,19). The van der Waals surface area contributed by atoms with Crippen LogP contribution in [0.25, 0.3) is 0 Å². The first-order valence-electron chi connectivity index (χ1n) is 6.13. The summed E-state index contributed by atoms with van der Waals surface area (Å²) in [6.07, 6.45) is 0. The molecule has 0 aliphatic carbocycles. The molecule has 2 aromatic carbocycles. The number of nitrogens with two attached hydrogens (primary N) is 1. The fraction of sp³-hybridized carbons (Fsp3) is 0.133. The smallest absolute Gasteiger partial charge is 0.258 e. The Labute approximate surface area is 121 Å². The number of amides is 1. The SMILES string of the molecule is COc1ccc(OC)c(NC(=O)c2cc(N)ccc2F)c1. The molecule has 5 nitrogen and oxygen atoms in total. The molecule has 0 unspecified atom stereocenters. The number of rotatable bonds is 4. The van der Waals surface area contributed by atoms with Crippen LogP contribution in [-0.4, -0.2) is 20.1 Å². The quantitative estimate of drug-likeness (QED) is 0.849. The lowest BCUT2D eigenvalue weighted by Gasteiger charge is -2.12. The highest BCUT2D eigenvalue weighted by Crippen LogP contribution is 2.29. The van der Waals surface area contributed by atoms with E-state index in [9.17, 15) is 9.18 Å². The van der Waals surface area contributed by atoms with Crippen molar-refractivity contribution >= 4 is 17.3 Å². The third kappa shape index (κ3) is 3.22. The molecule has 0 bridgehead atoms. The van der Waals surface area contributed by atoms with Crippen LogP contribution in [0.2, 0.25) is 0 Å². The van der Waals surface area contributed by atoms with Gasteiger partial charge in [0.05, 0.1) is 25.5 Å². The molecule has 0 atom stereocenters. The van der Waals surface area contributed by atoms with Gasteiger partial charge < -0.3 is 20.5 Å². The first kappa shape index (κ1) is 14.6. The number of benzene rings is 2. The maximum Gasteiger partial charge on any atom is 0.258 e. The van der Waals surface area contributed by atoms with Gasteiger partial charge in [-0.3, -0.25) is 4.79 Å². The number of methoxy groups -OCH3 is 2. The van der Waals surface area contributed by atoms with Gasteiger partial charge in [-0.25, -0.2) is 4.39 Å². The first-order chi connectivity index (χ1) is 10.0. The van der Waals surface area contributed by atoms with Crippen molar-refractivity contribution in [2.45, 2.75) is 0 Å². The van der Waals surface area contributed by atoms with Crippen LogP contribution in [0.15, 0.2) is 36.4 Å². The van der Waals surface area contributed by atoms with Crippen molar-refractivity contribution < 1.29 is 18.7 Å². The van der Waals surface area contributed by atoms with Gasteiger partial charge in [-0.2, -0.15) is 0 Å². The molecule has 0 aliphatic heterocycles. The zero-order valence-corrected chi connectivity index (χ0v) is 11.6. The lowest BCUT2D eigenvalue weighted by atomic mass is 10.1. The summed E-state index contributed by atoms with van der Waals surface area (Å²) in [7, 11) is 2.98. The molecule has 1 amide bonds. The van der Waals surface area contributed by atoms with E-state index in [4.69, 9.17) is 15.2 Å². The fourth-order valence-corrected chi connectivity index (χ4v) is 1.82. The Bertz CT molecular complexity index is 674. The van der Waals surface area contributed by atoms with Crippen LogP contribution in [-0.2, 0) is 0 Å². The topological polar surface area (TPSA) is 73.6 Å². The molecule has 2 aromatic rings. The van der Waals surface area contributed by atoms with Crippen LogP contribution in [0.3, 0.4) is 0 Å². The van der Waals surface area contributed by atoms with Gasteiger partial charge in [-0.05, 0) is 30.3 Å². The molecule has 110 valence electrons. The normalized spacial score (nSPS) is 10.0. The molecule has 0 saturated heterocycles.